The van der Waals surface area contributed by atoms with Crippen LogP contribution in [0.5, 0.6) is 0 Å². The summed E-state index contributed by atoms with van der Waals surface area (Å²) in [5, 5.41) is 4.17. The Morgan fingerprint density at radius 1 is 0.525 bits per heavy atom. The molecule has 0 saturated carbocycles. The highest BCUT2D eigenvalue weighted by molar-refractivity contribution is 7.24. The molecule has 0 aliphatic heterocycles. The van der Waals surface area contributed by atoms with Crippen molar-refractivity contribution in [2.45, 2.75) is 38.5 Å². The molecule has 2 aromatic heterocycles. The Morgan fingerprint density at radius 2 is 1.07 bits per heavy atom. The highest BCUT2D eigenvalue weighted by atomic mass is 32.1. The summed E-state index contributed by atoms with van der Waals surface area (Å²) in [6.07, 6.45) is 0. The number of aromatic nitrogens is 1. The number of benzene rings is 5. The van der Waals surface area contributed by atoms with Crippen LogP contribution in [0.15, 0.2) is 108 Å². The van der Waals surface area contributed by atoms with Gasteiger partial charge < -0.3 is 4.57 Å². The molecule has 7 aromatic rings. The van der Waals surface area contributed by atoms with Gasteiger partial charge in [0.2, 0.25) is 0 Å². The molecule has 0 radical (unpaired) electrons. The van der Waals surface area contributed by atoms with Crippen molar-refractivity contribution >= 4 is 53.3 Å². The Labute approximate surface area is 237 Å². The highest BCUT2D eigenvalue weighted by Crippen LogP contribution is 2.51. The third-order valence-electron chi connectivity index (χ3n) is 9.25. The zero-order valence-corrected chi connectivity index (χ0v) is 23.9. The van der Waals surface area contributed by atoms with Crippen LogP contribution in [0.25, 0.3) is 47.7 Å². The normalized spacial score (nSPS) is 15.5. The maximum absolute atomic E-state index is 13.7. The van der Waals surface area contributed by atoms with Crippen LogP contribution in [0.1, 0.15) is 49.9 Å². The van der Waals surface area contributed by atoms with Gasteiger partial charge in [-0.05, 0) is 70.8 Å². The molecular weight excluding hydrogens is 506 g/mol. The first-order valence-electron chi connectivity index (χ1n) is 13.9. The SMILES string of the molecule is CC1(C)c2ccc(-n3c4ccccc4c4ccccc43)cc2C(C)(C)c2cc3c(=O)c4ccccc4sc3cc21. The summed E-state index contributed by atoms with van der Waals surface area (Å²) in [6, 6.07) is 36.8. The van der Waals surface area contributed by atoms with Gasteiger partial charge in [0, 0.05) is 47.5 Å². The van der Waals surface area contributed by atoms with Gasteiger partial charge >= 0.3 is 0 Å². The van der Waals surface area contributed by atoms with Gasteiger partial charge in [-0.15, -0.1) is 11.3 Å². The molecule has 0 unspecified atom stereocenters. The third kappa shape index (κ3) is 3.01. The van der Waals surface area contributed by atoms with E-state index in [0.717, 1.165) is 20.2 Å². The molecule has 194 valence electrons. The van der Waals surface area contributed by atoms with Crippen molar-refractivity contribution in [2.75, 3.05) is 0 Å². The topological polar surface area (TPSA) is 22.0 Å². The lowest BCUT2D eigenvalue weighted by atomic mass is 9.60. The molecule has 8 rings (SSSR count). The molecule has 2 heterocycles. The van der Waals surface area contributed by atoms with Crippen molar-refractivity contribution in [3.05, 3.63) is 136 Å². The summed E-state index contributed by atoms with van der Waals surface area (Å²) >= 11 is 1.72. The molecule has 0 atom stereocenters. The van der Waals surface area contributed by atoms with Crippen LogP contribution in [0.4, 0.5) is 0 Å². The van der Waals surface area contributed by atoms with Crippen molar-refractivity contribution in [1.82, 2.24) is 4.57 Å². The molecule has 0 fully saturated rings. The summed E-state index contributed by atoms with van der Waals surface area (Å²) in [4.78, 5) is 13.7. The fourth-order valence-electron chi connectivity index (χ4n) is 7.11. The van der Waals surface area contributed by atoms with Crippen LogP contribution in [0.2, 0.25) is 0 Å². The minimum absolute atomic E-state index is 0.130. The number of para-hydroxylation sites is 2. The lowest BCUT2D eigenvalue weighted by Crippen LogP contribution is -2.36. The maximum Gasteiger partial charge on any atom is 0.195 e. The summed E-state index contributed by atoms with van der Waals surface area (Å²) in [5.74, 6) is 0. The smallest absolute Gasteiger partial charge is 0.195 e. The predicted molar refractivity (Wildman–Crippen MR) is 171 cm³/mol. The average Bonchev–Trinajstić information content (AvgIpc) is 3.30. The number of nitrogens with zero attached hydrogens (tertiary/aromatic N) is 1. The Kier molecular flexibility index (Phi) is 4.69. The fourth-order valence-corrected chi connectivity index (χ4v) is 8.20. The number of rotatable bonds is 1. The Hall–Kier alpha value is -4.21. The second kappa shape index (κ2) is 7.93. The van der Waals surface area contributed by atoms with Crippen molar-refractivity contribution in [2.24, 2.45) is 0 Å². The van der Waals surface area contributed by atoms with Gasteiger partial charge in [0.05, 0.1) is 11.0 Å². The van der Waals surface area contributed by atoms with Crippen molar-refractivity contribution in [3.63, 3.8) is 0 Å². The highest BCUT2D eigenvalue weighted by Gasteiger charge is 2.42. The van der Waals surface area contributed by atoms with Crippen LogP contribution in [-0.4, -0.2) is 4.57 Å². The van der Waals surface area contributed by atoms with E-state index in [1.165, 1.54) is 49.7 Å². The molecular formula is C37H29NOS. The van der Waals surface area contributed by atoms with Crippen LogP contribution in [-0.2, 0) is 10.8 Å². The molecule has 0 amide bonds. The van der Waals surface area contributed by atoms with E-state index < -0.39 is 0 Å². The number of hydrogen-bond acceptors (Lipinski definition) is 2. The summed E-state index contributed by atoms with van der Waals surface area (Å²) in [7, 11) is 0. The zero-order valence-electron chi connectivity index (χ0n) is 23.1. The van der Waals surface area contributed by atoms with Crippen molar-refractivity contribution in [3.8, 4) is 5.69 Å². The van der Waals surface area contributed by atoms with Crippen molar-refractivity contribution in [1.29, 1.82) is 0 Å². The van der Waals surface area contributed by atoms with E-state index in [2.05, 4.69) is 117 Å². The standard InChI is InChI=1S/C37H29NOS/c1-36(2)27-18-17-22(38-31-14-8-5-11-23(31)24-12-6-9-15-32(24)38)19-28(27)37(3,4)29-20-26-34(21-30(29)36)40-33-16-10-7-13-25(33)35(26)39/h5-21H,1-4H3. The van der Waals surface area contributed by atoms with Crippen LogP contribution < -0.4 is 5.43 Å². The molecule has 3 heteroatoms. The summed E-state index contributed by atoms with van der Waals surface area (Å²) in [6.45, 7) is 9.29. The average molecular weight is 536 g/mol. The maximum atomic E-state index is 13.7. The van der Waals surface area contributed by atoms with E-state index in [-0.39, 0.29) is 16.3 Å². The van der Waals surface area contributed by atoms with E-state index >= 15 is 0 Å². The van der Waals surface area contributed by atoms with Gasteiger partial charge in [-0.3, -0.25) is 4.79 Å². The number of fused-ring (bicyclic) bond motifs is 7. The largest absolute Gasteiger partial charge is 0.309 e. The molecule has 0 N–H and O–H groups in total. The quantitative estimate of drug-likeness (QED) is 0.192. The van der Waals surface area contributed by atoms with E-state index in [9.17, 15) is 4.79 Å². The van der Waals surface area contributed by atoms with Crippen LogP contribution in [0, 0.1) is 0 Å². The third-order valence-corrected chi connectivity index (χ3v) is 10.4. The lowest BCUT2D eigenvalue weighted by molar-refractivity contribution is 0.521. The Morgan fingerprint density at radius 3 is 1.77 bits per heavy atom. The minimum atomic E-state index is -0.272. The van der Waals surface area contributed by atoms with Crippen LogP contribution >= 0.6 is 11.3 Å². The van der Waals surface area contributed by atoms with Crippen molar-refractivity contribution < 1.29 is 0 Å². The predicted octanol–water partition coefficient (Wildman–Crippen LogP) is 9.48. The van der Waals surface area contributed by atoms with Gasteiger partial charge in [-0.2, -0.15) is 0 Å². The molecule has 1 aliphatic rings. The summed E-state index contributed by atoms with van der Waals surface area (Å²) in [5.41, 5.74) is 8.49. The first-order chi connectivity index (χ1) is 19.3. The van der Waals surface area contributed by atoms with Gasteiger partial charge in [-0.25, -0.2) is 0 Å². The minimum Gasteiger partial charge on any atom is -0.309 e. The molecule has 0 saturated heterocycles. The van der Waals surface area contributed by atoms with E-state index in [1.54, 1.807) is 11.3 Å². The lowest BCUT2D eigenvalue weighted by Gasteiger charge is -2.44. The van der Waals surface area contributed by atoms with E-state index in [1.807, 2.05) is 18.2 Å². The monoisotopic (exact) mass is 535 g/mol. The molecule has 40 heavy (non-hydrogen) atoms. The Bertz CT molecular complexity index is 2190. The molecule has 0 bridgehead atoms. The van der Waals surface area contributed by atoms with Gasteiger partial charge in [0.1, 0.15) is 0 Å². The first-order valence-corrected chi connectivity index (χ1v) is 14.7. The van der Waals surface area contributed by atoms with Gasteiger partial charge in [0.15, 0.2) is 5.43 Å². The first kappa shape index (κ1) is 23.7. The second-order valence-electron chi connectivity index (χ2n) is 12.2. The Balaban J connectivity index is 1.41. The zero-order chi connectivity index (χ0) is 27.4. The number of hydrogen-bond donors (Lipinski definition) is 0. The second-order valence-corrected chi connectivity index (χ2v) is 13.3. The van der Waals surface area contributed by atoms with Crippen LogP contribution in [0.3, 0.4) is 0 Å². The molecule has 0 spiro atoms. The van der Waals surface area contributed by atoms with E-state index in [0.29, 0.717) is 0 Å². The summed E-state index contributed by atoms with van der Waals surface area (Å²) < 4.78 is 4.51. The van der Waals surface area contributed by atoms with E-state index in [4.69, 9.17) is 0 Å². The fraction of sp³-hybridized carbons (Fsp3) is 0.162. The van der Waals surface area contributed by atoms with Gasteiger partial charge in [-0.1, -0.05) is 82.3 Å². The molecule has 1 aliphatic carbocycles. The van der Waals surface area contributed by atoms with Gasteiger partial charge in [0.25, 0.3) is 0 Å². The molecule has 5 aromatic carbocycles. The molecule has 2 nitrogen and oxygen atoms in total.